The van der Waals surface area contributed by atoms with Crippen molar-refractivity contribution in [3.05, 3.63) is 59.7 Å². The van der Waals surface area contributed by atoms with E-state index in [9.17, 15) is 14.4 Å². The average Bonchev–Trinajstić information content (AvgIpc) is 3.17. The van der Waals surface area contributed by atoms with Crippen LogP contribution in [-0.2, 0) is 14.3 Å². The van der Waals surface area contributed by atoms with E-state index in [0.29, 0.717) is 0 Å². The van der Waals surface area contributed by atoms with Crippen molar-refractivity contribution < 1.29 is 24.2 Å². The zero-order valence-electron chi connectivity index (χ0n) is 20.4. The maximum absolute atomic E-state index is 12.8. The van der Waals surface area contributed by atoms with Crippen molar-refractivity contribution >= 4 is 18.0 Å². The van der Waals surface area contributed by atoms with Gasteiger partial charge in [0.1, 0.15) is 6.61 Å². The van der Waals surface area contributed by atoms with Gasteiger partial charge in [-0.15, -0.1) is 0 Å². The van der Waals surface area contributed by atoms with Crippen LogP contribution >= 0.6 is 0 Å². The summed E-state index contributed by atoms with van der Waals surface area (Å²) in [7, 11) is 1.64. The molecule has 4 rings (SSSR count). The highest BCUT2D eigenvalue weighted by Gasteiger charge is 2.32. The molecule has 0 bridgehead atoms. The van der Waals surface area contributed by atoms with Crippen LogP contribution in [0, 0.1) is 11.8 Å². The number of carbonyl (C=O) groups excluding carboxylic acids is 2. The quantitative estimate of drug-likeness (QED) is 0.576. The van der Waals surface area contributed by atoms with Crippen molar-refractivity contribution in [2.24, 2.45) is 11.8 Å². The number of carboxylic acids is 1. The van der Waals surface area contributed by atoms with Gasteiger partial charge in [-0.2, -0.15) is 0 Å². The largest absolute Gasteiger partial charge is 0.481 e. The lowest BCUT2D eigenvalue weighted by Gasteiger charge is -2.33. The number of nitrogens with one attached hydrogen (secondary N) is 1. The minimum Gasteiger partial charge on any atom is -0.481 e. The molecule has 3 atom stereocenters. The molecule has 186 valence electrons. The lowest BCUT2D eigenvalue weighted by atomic mass is 9.82. The van der Waals surface area contributed by atoms with E-state index in [-0.39, 0.29) is 43.4 Å². The molecule has 1 unspecified atom stereocenters. The highest BCUT2D eigenvalue weighted by atomic mass is 16.5. The molecule has 1 saturated carbocycles. The molecule has 0 heterocycles. The fraction of sp³-hybridized carbons (Fsp3) is 0.464. The summed E-state index contributed by atoms with van der Waals surface area (Å²) in [5.74, 6) is -1.62. The van der Waals surface area contributed by atoms with Gasteiger partial charge in [-0.25, -0.2) is 4.79 Å². The highest BCUT2D eigenvalue weighted by Crippen LogP contribution is 2.44. The summed E-state index contributed by atoms with van der Waals surface area (Å²) in [6.07, 6.45) is 3.49. The molecule has 0 aromatic heterocycles. The minimum absolute atomic E-state index is 0.00163. The normalized spacial score (nSPS) is 19.8. The van der Waals surface area contributed by atoms with Crippen molar-refractivity contribution in [3.8, 4) is 11.1 Å². The number of aliphatic carboxylic acids is 1. The molecule has 7 nitrogen and oxygen atoms in total. The Morgan fingerprint density at radius 2 is 1.63 bits per heavy atom. The summed E-state index contributed by atoms with van der Waals surface area (Å²) >= 11 is 0. The number of carboxylic acid groups (broad SMARTS) is 1. The lowest BCUT2D eigenvalue weighted by Crippen LogP contribution is -2.45. The molecule has 35 heavy (non-hydrogen) atoms. The van der Waals surface area contributed by atoms with Crippen LogP contribution < -0.4 is 5.32 Å². The van der Waals surface area contributed by atoms with Gasteiger partial charge in [0.15, 0.2) is 0 Å². The van der Waals surface area contributed by atoms with Gasteiger partial charge >= 0.3 is 12.1 Å². The van der Waals surface area contributed by atoms with Crippen LogP contribution in [-0.4, -0.2) is 54.2 Å². The number of hydrogen-bond donors (Lipinski definition) is 2. The number of amides is 2. The zero-order valence-corrected chi connectivity index (χ0v) is 20.4. The summed E-state index contributed by atoms with van der Waals surface area (Å²) in [5, 5.41) is 12.1. The van der Waals surface area contributed by atoms with Crippen molar-refractivity contribution in [1.82, 2.24) is 10.2 Å². The van der Waals surface area contributed by atoms with Crippen molar-refractivity contribution in [3.63, 3.8) is 0 Å². The molecule has 0 spiro atoms. The van der Waals surface area contributed by atoms with Crippen LogP contribution in [0.1, 0.15) is 56.1 Å². The smallest absolute Gasteiger partial charge is 0.407 e. The Bertz CT molecular complexity index is 1040. The first-order valence-electron chi connectivity index (χ1n) is 12.4. The van der Waals surface area contributed by atoms with E-state index in [1.807, 2.05) is 24.3 Å². The first kappa shape index (κ1) is 24.8. The van der Waals surface area contributed by atoms with Crippen LogP contribution in [0.25, 0.3) is 11.1 Å². The number of alkyl carbamates (subject to hydrolysis) is 1. The number of rotatable bonds is 8. The van der Waals surface area contributed by atoms with Crippen LogP contribution in [0.3, 0.4) is 0 Å². The highest BCUT2D eigenvalue weighted by molar-refractivity contribution is 5.79. The molecule has 0 radical (unpaired) electrons. The molecule has 2 aromatic rings. The van der Waals surface area contributed by atoms with E-state index in [4.69, 9.17) is 9.84 Å². The number of fused-ring (bicyclic) bond motifs is 3. The predicted molar refractivity (Wildman–Crippen MR) is 133 cm³/mol. The van der Waals surface area contributed by atoms with E-state index in [0.717, 1.165) is 25.7 Å². The average molecular weight is 479 g/mol. The standard InChI is InChI=1S/C28H34N2O5/c1-18(27(32)33)16-30(2)26(31)15-19-9-3-8-14-25(19)29-28(34)35-17-24-22-12-6-4-10-20(22)21-11-5-7-13-23(21)24/h4-7,10-13,18-19,24-25H,3,8-9,14-17H2,1-2H3,(H,29,34)(H,32,33)/t18?,19-,25-/m1/s1. The van der Waals surface area contributed by atoms with Gasteiger partial charge in [-0.3, -0.25) is 9.59 Å². The maximum atomic E-state index is 12.8. The first-order valence-corrected chi connectivity index (χ1v) is 12.4. The van der Waals surface area contributed by atoms with Crippen LogP contribution in [0.5, 0.6) is 0 Å². The van der Waals surface area contributed by atoms with Gasteiger partial charge < -0.3 is 20.1 Å². The van der Waals surface area contributed by atoms with E-state index < -0.39 is 18.0 Å². The summed E-state index contributed by atoms with van der Waals surface area (Å²) in [5.41, 5.74) is 4.70. The summed E-state index contributed by atoms with van der Waals surface area (Å²) in [6, 6.07) is 16.3. The zero-order chi connectivity index (χ0) is 24.9. The molecule has 2 amide bonds. The van der Waals surface area contributed by atoms with E-state index >= 15 is 0 Å². The summed E-state index contributed by atoms with van der Waals surface area (Å²) < 4.78 is 5.71. The second-order valence-corrected chi connectivity index (χ2v) is 9.84. The molecule has 2 N–H and O–H groups in total. The maximum Gasteiger partial charge on any atom is 0.407 e. The van der Waals surface area contributed by atoms with E-state index in [1.54, 1.807) is 14.0 Å². The molecule has 2 aliphatic rings. The molecule has 2 aliphatic carbocycles. The fourth-order valence-electron chi connectivity index (χ4n) is 5.40. The van der Waals surface area contributed by atoms with Crippen LogP contribution in [0.2, 0.25) is 0 Å². The summed E-state index contributed by atoms with van der Waals surface area (Å²) in [4.78, 5) is 38.1. The number of nitrogens with zero attached hydrogens (tertiary/aromatic N) is 1. The van der Waals surface area contributed by atoms with Gasteiger partial charge in [0.2, 0.25) is 5.91 Å². The Balaban J connectivity index is 1.34. The summed E-state index contributed by atoms with van der Waals surface area (Å²) in [6.45, 7) is 2.02. The SMILES string of the molecule is CC(CN(C)C(=O)C[C@H]1CCCC[C@H]1NC(=O)OCC1c2ccccc2-c2ccccc21)C(=O)O. The van der Waals surface area contributed by atoms with Gasteiger partial charge in [0.05, 0.1) is 5.92 Å². The Morgan fingerprint density at radius 1 is 1.03 bits per heavy atom. The molecule has 0 aliphatic heterocycles. The molecular formula is C28H34N2O5. The third-order valence-corrected chi connectivity index (χ3v) is 7.39. The third kappa shape index (κ3) is 5.66. The molecule has 1 fully saturated rings. The second kappa shape index (κ2) is 10.9. The topological polar surface area (TPSA) is 95.9 Å². The van der Waals surface area contributed by atoms with Gasteiger partial charge in [0.25, 0.3) is 0 Å². The Hall–Kier alpha value is -3.35. The van der Waals surface area contributed by atoms with Crippen LogP contribution in [0.4, 0.5) is 4.79 Å². The first-order chi connectivity index (χ1) is 16.8. The van der Waals surface area contributed by atoms with E-state index in [1.165, 1.54) is 27.2 Å². The number of ether oxygens (including phenoxy) is 1. The van der Waals surface area contributed by atoms with Crippen molar-refractivity contribution in [1.29, 1.82) is 0 Å². The van der Waals surface area contributed by atoms with Crippen LogP contribution in [0.15, 0.2) is 48.5 Å². The van der Waals surface area contributed by atoms with Crippen molar-refractivity contribution in [2.45, 2.75) is 51.0 Å². The monoisotopic (exact) mass is 478 g/mol. The Labute approximate surface area is 206 Å². The Morgan fingerprint density at radius 3 is 2.26 bits per heavy atom. The molecule has 0 saturated heterocycles. The third-order valence-electron chi connectivity index (χ3n) is 7.39. The van der Waals surface area contributed by atoms with Crippen molar-refractivity contribution in [2.75, 3.05) is 20.2 Å². The minimum atomic E-state index is -0.919. The second-order valence-electron chi connectivity index (χ2n) is 9.84. The molecule has 7 heteroatoms. The Kier molecular flexibility index (Phi) is 7.73. The number of carbonyl (C=O) groups is 3. The fourth-order valence-corrected chi connectivity index (χ4v) is 5.40. The molecule has 2 aromatic carbocycles. The van der Waals surface area contributed by atoms with Gasteiger partial charge in [-0.05, 0) is 41.0 Å². The van der Waals surface area contributed by atoms with E-state index in [2.05, 4.69) is 29.6 Å². The van der Waals surface area contributed by atoms with Gasteiger partial charge in [-0.1, -0.05) is 68.3 Å². The number of hydrogen-bond acceptors (Lipinski definition) is 4. The number of benzene rings is 2. The predicted octanol–water partition coefficient (Wildman–Crippen LogP) is 4.65. The lowest BCUT2D eigenvalue weighted by molar-refractivity contribution is -0.142. The molecular weight excluding hydrogens is 444 g/mol. The van der Waals surface area contributed by atoms with Gasteiger partial charge in [0, 0.05) is 32.0 Å².